The summed E-state index contributed by atoms with van der Waals surface area (Å²) in [6.07, 6.45) is 3.41. The van der Waals surface area contributed by atoms with Gasteiger partial charge in [0.05, 0.1) is 6.04 Å². The summed E-state index contributed by atoms with van der Waals surface area (Å²) < 4.78 is 0. The van der Waals surface area contributed by atoms with Gasteiger partial charge in [0.15, 0.2) is 11.6 Å². The fraction of sp³-hybridized carbons (Fsp3) is 0.250. The maximum Gasteiger partial charge on any atom is 0.272 e. The van der Waals surface area contributed by atoms with E-state index in [-0.39, 0.29) is 17.9 Å². The predicted molar refractivity (Wildman–Crippen MR) is 67.9 cm³/mol. The maximum atomic E-state index is 12.0. The Balaban J connectivity index is 2.10. The van der Waals surface area contributed by atoms with Gasteiger partial charge in [0, 0.05) is 18.1 Å². The largest absolute Gasteiger partial charge is 0.369 e. The van der Waals surface area contributed by atoms with Gasteiger partial charge < -0.3 is 16.0 Å². The normalized spacial score (nSPS) is 12.1. The van der Waals surface area contributed by atoms with Crippen molar-refractivity contribution in [1.29, 1.82) is 0 Å². The van der Waals surface area contributed by atoms with Gasteiger partial charge >= 0.3 is 0 Å². The van der Waals surface area contributed by atoms with Gasteiger partial charge in [-0.1, -0.05) is 6.07 Å². The number of anilines is 1. The third-order valence-corrected chi connectivity index (χ3v) is 2.65. The highest BCUT2D eigenvalue weighted by Crippen LogP contribution is 2.12. The van der Waals surface area contributed by atoms with Gasteiger partial charge in [0.25, 0.3) is 5.91 Å². The number of carbonyl (C=O) groups excluding carboxylic acids is 1. The molecule has 0 saturated heterocycles. The molecule has 0 spiro atoms. The number of nitrogens with two attached hydrogens (primary N) is 1. The van der Waals surface area contributed by atoms with Crippen LogP contribution in [0.3, 0.4) is 0 Å². The lowest BCUT2D eigenvalue weighted by molar-refractivity contribution is 0.0934. The van der Waals surface area contributed by atoms with Crippen molar-refractivity contribution in [2.75, 3.05) is 5.73 Å². The SMILES string of the molecule is Cc1[nH]c(N)nc1C(=O)NC(C)c1cccnc1. The van der Waals surface area contributed by atoms with Gasteiger partial charge in [-0.3, -0.25) is 9.78 Å². The summed E-state index contributed by atoms with van der Waals surface area (Å²) in [6, 6.07) is 3.60. The Kier molecular flexibility index (Phi) is 3.27. The number of rotatable bonds is 3. The molecule has 1 amide bonds. The van der Waals surface area contributed by atoms with E-state index in [0.29, 0.717) is 11.4 Å². The van der Waals surface area contributed by atoms with Crippen LogP contribution in [0.5, 0.6) is 0 Å². The van der Waals surface area contributed by atoms with Gasteiger partial charge in [0.1, 0.15) is 0 Å². The second kappa shape index (κ2) is 4.87. The molecule has 0 aliphatic heterocycles. The lowest BCUT2D eigenvalue weighted by Crippen LogP contribution is -2.27. The van der Waals surface area contributed by atoms with Crippen LogP contribution in [-0.2, 0) is 0 Å². The zero-order valence-corrected chi connectivity index (χ0v) is 10.3. The molecule has 1 unspecified atom stereocenters. The van der Waals surface area contributed by atoms with E-state index in [9.17, 15) is 4.79 Å². The standard InChI is InChI=1S/C12H15N5O/c1-7(9-4-3-5-14-6-9)15-11(18)10-8(2)16-12(13)17-10/h3-7H,1-2H3,(H,15,18)(H3,13,16,17). The summed E-state index contributed by atoms with van der Waals surface area (Å²) in [5.41, 5.74) is 7.42. The van der Waals surface area contributed by atoms with Crippen molar-refractivity contribution in [3.63, 3.8) is 0 Å². The molecular weight excluding hydrogens is 230 g/mol. The van der Waals surface area contributed by atoms with Crippen molar-refractivity contribution >= 4 is 11.9 Å². The minimum atomic E-state index is -0.253. The third-order valence-electron chi connectivity index (χ3n) is 2.65. The third kappa shape index (κ3) is 2.48. The quantitative estimate of drug-likeness (QED) is 0.756. The van der Waals surface area contributed by atoms with E-state index in [1.165, 1.54) is 0 Å². The second-order valence-electron chi connectivity index (χ2n) is 4.08. The average molecular weight is 245 g/mol. The molecule has 0 fully saturated rings. The van der Waals surface area contributed by atoms with E-state index in [4.69, 9.17) is 5.73 Å². The van der Waals surface area contributed by atoms with Gasteiger partial charge in [0.2, 0.25) is 0 Å². The van der Waals surface area contributed by atoms with E-state index in [0.717, 1.165) is 5.56 Å². The Morgan fingerprint density at radius 2 is 2.33 bits per heavy atom. The number of nitrogens with zero attached hydrogens (tertiary/aromatic N) is 2. The Morgan fingerprint density at radius 1 is 1.56 bits per heavy atom. The highest BCUT2D eigenvalue weighted by atomic mass is 16.2. The lowest BCUT2D eigenvalue weighted by atomic mass is 10.1. The van der Waals surface area contributed by atoms with Crippen molar-refractivity contribution < 1.29 is 4.79 Å². The molecule has 18 heavy (non-hydrogen) atoms. The topological polar surface area (TPSA) is 96.7 Å². The Labute approximate surface area is 105 Å². The summed E-state index contributed by atoms with van der Waals surface area (Å²) in [5, 5.41) is 2.85. The zero-order valence-electron chi connectivity index (χ0n) is 10.3. The van der Waals surface area contributed by atoms with Crippen LogP contribution in [0.2, 0.25) is 0 Å². The molecule has 0 aliphatic rings. The summed E-state index contributed by atoms with van der Waals surface area (Å²) >= 11 is 0. The molecule has 2 heterocycles. The summed E-state index contributed by atoms with van der Waals surface area (Å²) in [5.74, 6) is -0.0107. The molecule has 0 bridgehead atoms. The van der Waals surface area contributed by atoms with Crippen LogP contribution in [0.15, 0.2) is 24.5 Å². The number of amides is 1. The Bertz CT molecular complexity index is 549. The van der Waals surface area contributed by atoms with Crippen LogP contribution in [0.1, 0.15) is 34.7 Å². The lowest BCUT2D eigenvalue weighted by Gasteiger charge is -2.12. The molecule has 4 N–H and O–H groups in total. The molecule has 0 saturated carbocycles. The smallest absolute Gasteiger partial charge is 0.272 e. The van der Waals surface area contributed by atoms with Crippen molar-refractivity contribution in [3.05, 3.63) is 41.5 Å². The van der Waals surface area contributed by atoms with E-state index < -0.39 is 0 Å². The number of nitrogens with one attached hydrogen (secondary N) is 2. The molecule has 6 nitrogen and oxygen atoms in total. The number of H-pyrrole nitrogens is 1. The van der Waals surface area contributed by atoms with Crippen LogP contribution in [0, 0.1) is 6.92 Å². The van der Waals surface area contributed by atoms with Gasteiger partial charge in [-0.15, -0.1) is 0 Å². The number of hydrogen-bond acceptors (Lipinski definition) is 4. The van der Waals surface area contributed by atoms with E-state index in [2.05, 4.69) is 20.3 Å². The van der Waals surface area contributed by atoms with Gasteiger partial charge in [-0.2, -0.15) is 0 Å². The number of aryl methyl sites for hydroxylation is 1. The Hall–Kier alpha value is -2.37. The number of hydrogen-bond donors (Lipinski definition) is 3. The summed E-state index contributed by atoms with van der Waals surface area (Å²) in [7, 11) is 0. The van der Waals surface area contributed by atoms with Crippen molar-refractivity contribution in [2.24, 2.45) is 0 Å². The number of pyridine rings is 1. The van der Waals surface area contributed by atoms with Crippen LogP contribution >= 0.6 is 0 Å². The van der Waals surface area contributed by atoms with Crippen molar-refractivity contribution in [2.45, 2.75) is 19.9 Å². The van der Waals surface area contributed by atoms with E-state index in [1.807, 2.05) is 19.1 Å². The molecule has 2 aromatic rings. The van der Waals surface area contributed by atoms with Gasteiger partial charge in [-0.05, 0) is 25.5 Å². The molecule has 1 atom stereocenters. The van der Waals surface area contributed by atoms with Gasteiger partial charge in [-0.25, -0.2) is 4.98 Å². The van der Waals surface area contributed by atoms with Crippen LogP contribution < -0.4 is 11.1 Å². The number of nitrogen functional groups attached to an aromatic ring is 1. The Morgan fingerprint density at radius 3 is 2.89 bits per heavy atom. The highest BCUT2D eigenvalue weighted by molar-refractivity contribution is 5.94. The molecule has 0 aromatic carbocycles. The first kappa shape index (κ1) is 12.1. The summed E-state index contributed by atoms with van der Waals surface area (Å²) in [4.78, 5) is 22.8. The molecule has 2 aromatic heterocycles. The molecule has 2 rings (SSSR count). The highest BCUT2D eigenvalue weighted by Gasteiger charge is 2.16. The van der Waals surface area contributed by atoms with Crippen LogP contribution in [0.4, 0.5) is 5.95 Å². The minimum Gasteiger partial charge on any atom is -0.369 e. The minimum absolute atomic E-state index is 0.136. The maximum absolute atomic E-state index is 12.0. The van der Waals surface area contributed by atoms with Crippen LogP contribution in [0.25, 0.3) is 0 Å². The fourth-order valence-corrected chi connectivity index (χ4v) is 1.69. The molecule has 94 valence electrons. The number of imidazole rings is 1. The first-order valence-electron chi connectivity index (χ1n) is 5.61. The molecule has 6 heteroatoms. The summed E-state index contributed by atoms with van der Waals surface area (Å²) in [6.45, 7) is 3.65. The molecule has 0 aliphatic carbocycles. The number of aromatic nitrogens is 3. The first-order chi connectivity index (χ1) is 8.58. The zero-order chi connectivity index (χ0) is 13.1. The predicted octanol–water partition coefficient (Wildman–Crippen LogP) is 1.19. The molecule has 0 radical (unpaired) electrons. The monoisotopic (exact) mass is 245 g/mol. The van der Waals surface area contributed by atoms with E-state index in [1.54, 1.807) is 19.3 Å². The van der Waals surface area contributed by atoms with Crippen LogP contribution in [-0.4, -0.2) is 20.9 Å². The second-order valence-corrected chi connectivity index (χ2v) is 4.08. The number of aromatic amines is 1. The molecular formula is C12H15N5O. The fourth-order valence-electron chi connectivity index (χ4n) is 1.69. The van der Waals surface area contributed by atoms with E-state index >= 15 is 0 Å². The average Bonchev–Trinajstić information content (AvgIpc) is 2.69. The number of carbonyl (C=O) groups is 1. The van der Waals surface area contributed by atoms with Crippen molar-refractivity contribution in [1.82, 2.24) is 20.3 Å². The van der Waals surface area contributed by atoms with Crippen molar-refractivity contribution in [3.8, 4) is 0 Å². The first-order valence-corrected chi connectivity index (χ1v) is 5.61.